The molecular weight excluding hydrogens is 495 g/mol. The number of hydrogen-bond acceptors (Lipinski definition) is 6. The van der Waals surface area contributed by atoms with Crippen molar-refractivity contribution in [1.29, 1.82) is 0 Å². The summed E-state index contributed by atoms with van der Waals surface area (Å²) in [6.45, 7) is 4.27. The van der Waals surface area contributed by atoms with E-state index in [1.54, 1.807) is 33.7 Å². The fourth-order valence-corrected chi connectivity index (χ4v) is 4.99. The third kappa shape index (κ3) is 5.34. The summed E-state index contributed by atoms with van der Waals surface area (Å²) in [5.74, 6) is -0.193. The summed E-state index contributed by atoms with van der Waals surface area (Å²) >= 11 is 0. The van der Waals surface area contributed by atoms with Gasteiger partial charge in [0.05, 0.1) is 17.6 Å². The van der Waals surface area contributed by atoms with Crippen molar-refractivity contribution in [2.75, 3.05) is 25.0 Å². The maximum atomic E-state index is 13.8. The van der Waals surface area contributed by atoms with Crippen LogP contribution in [-0.2, 0) is 0 Å². The number of halogens is 1. The van der Waals surface area contributed by atoms with Gasteiger partial charge in [0, 0.05) is 49.3 Å². The van der Waals surface area contributed by atoms with Crippen LogP contribution in [0.3, 0.4) is 0 Å². The molecule has 5 heterocycles. The number of aliphatic imine (C=N–C) groups is 1. The van der Waals surface area contributed by atoms with Crippen LogP contribution in [0, 0.1) is 6.92 Å². The lowest BCUT2D eigenvalue weighted by atomic mass is 9.94. The zero-order chi connectivity index (χ0) is 26.8. The Labute approximate surface area is 224 Å². The van der Waals surface area contributed by atoms with Crippen molar-refractivity contribution in [2.45, 2.75) is 25.7 Å². The number of nitrogens with one attached hydrogen (secondary N) is 1. The van der Waals surface area contributed by atoms with Crippen LogP contribution in [0.5, 0.6) is 0 Å². The first-order valence-corrected chi connectivity index (χ1v) is 12.9. The third-order valence-electron chi connectivity index (χ3n) is 6.93. The second-order valence-electron chi connectivity index (χ2n) is 9.75. The van der Waals surface area contributed by atoms with Gasteiger partial charge in [-0.3, -0.25) is 9.69 Å². The number of anilines is 1. The Morgan fingerprint density at radius 3 is 3.00 bits per heavy atom. The summed E-state index contributed by atoms with van der Waals surface area (Å²) in [6, 6.07) is 11.7. The SMILES string of the molecule is Cc1ccc(-n2nc(C3CCCN(CC4=C=C(F)N=CC=C4)C3)cc2NC(=O)c2cnn3cccnc23)cc1. The molecule has 6 rings (SSSR count). The van der Waals surface area contributed by atoms with Crippen LogP contribution in [0.4, 0.5) is 10.2 Å². The van der Waals surface area contributed by atoms with Crippen molar-refractivity contribution < 1.29 is 9.18 Å². The second kappa shape index (κ2) is 10.6. The van der Waals surface area contributed by atoms with E-state index >= 15 is 0 Å². The Morgan fingerprint density at radius 2 is 2.13 bits per heavy atom. The minimum Gasteiger partial charge on any atom is -0.306 e. The van der Waals surface area contributed by atoms with Crippen LogP contribution >= 0.6 is 0 Å². The fraction of sp³-hybridized carbons (Fsp3) is 0.241. The first-order chi connectivity index (χ1) is 19.0. The van der Waals surface area contributed by atoms with E-state index in [9.17, 15) is 9.18 Å². The molecule has 0 aliphatic carbocycles. The van der Waals surface area contributed by atoms with Gasteiger partial charge in [-0.1, -0.05) is 23.4 Å². The topological polar surface area (TPSA) is 92.7 Å². The van der Waals surface area contributed by atoms with Gasteiger partial charge >= 0.3 is 0 Å². The van der Waals surface area contributed by atoms with Crippen LogP contribution in [0.2, 0.25) is 0 Å². The van der Waals surface area contributed by atoms with Gasteiger partial charge in [0.2, 0.25) is 0 Å². The monoisotopic (exact) mass is 522 g/mol. The Morgan fingerprint density at radius 1 is 1.26 bits per heavy atom. The summed E-state index contributed by atoms with van der Waals surface area (Å²) in [4.78, 5) is 23.6. The molecule has 1 saturated heterocycles. The number of amides is 1. The van der Waals surface area contributed by atoms with Crippen LogP contribution < -0.4 is 5.32 Å². The van der Waals surface area contributed by atoms with Crippen molar-refractivity contribution in [2.24, 2.45) is 4.99 Å². The lowest BCUT2D eigenvalue weighted by Crippen LogP contribution is -2.35. The van der Waals surface area contributed by atoms with Gasteiger partial charge in [0.25, 0.3) is 11.9 Å². The number of likely N-dealkylation sites (tertiary alicyclic amines) is 1. The summed E-state index contributed by atoms with van der Waals surface area (Å²) in [7, 11) is 0. The number of rotatable bonds is 6. The van der Waals surface area contributed by atoms with E-state index in [0.717, 1.165) is 48.4 Å². The Hall–Kier alpha value is -4.66. The Bertz CT molecular complexity index is 1660. The molecule has 0 spiro atoms. The number of hydrogen-bond donors (Lipinski definition) is 1. The molecule has 1 atom stereocenters. The smallest absolute Gasteiger partial charge is 0.262 e. The minimum atomic E-state index is -0.609. The number of aryl methyl sites for hydroxylation is 1. The molecule has 2 aliphatic heterocycles. The van der Waals surface area contributed by atoms with E-state index in [1.165, 1.54) is 12.4 Å². The van der Waals surface area contributed by atoms with Crippen molar-refractivity contribution in [3.63, 3.8) is 0 Å². The number of aromatic nitrogens is 5. The summed E-state index contributed by atoms with van der Waals surface area (Å²) < 4.78 is 17.1. The summed E-state index contributed by atoms with van der Waals surface area (Å²) in [5.41, 5.74) is 7.22. The second-order valence-corrected chi connectivity index (χ2v) is 9.75. The Balaban J connectivity index is 1.28. The maximum Gasteiger partial charge on any atom is 0.262 e. The van der Waals surface area contributed by atoms with Crippen LogP contribution in [0.1, 0.15) is 40.4 Å². The number of carbonyl (C=O) groups excluding carboxylic acids is 1. The number of allylic oxidation sites excluding steroid dienone is 1. The number of nitrogens with zero attached hydrogens (tertiary/aromatic N) is 7. The molecule has 0 radical (unpaired) electrons. The first kappa shape index (κ1) is 24.7. The molecular formula is C29H27FN8O. The fourth-order valence-electron chi connectivity index (χ4n) is 4.99. The molecule has 4 aromatic rings. The van der Waals surface area contributed by atoms with E-state index in [0.29, 0.717) is 23.6 Å². The average molecular weight is 523 g/mol. The molecule has 0 saturated carbocycles. The Kier molecular flexibility index (Phi) is 6.71. The van der Waals surface area contributed by atoms with Crippen molar-refractivity contribution in [1.82, 2.24) is 29.3 Å². The maximum absolute atomic E-state index is 13.8. The molecule has 1 unspecified atom stereocenters. The van der Waals surface area contributed by atoms with E-state index < -0.39 is 5.95 Å². The predicted octanol–water partition coefficient (Wildman–Crippen LogP) is 4.63. The van der Waals surface area contributed by atoms with E-state index in [1.807, 2.05) is 43.3 Å². The number of carbonyl (C=O) groups is 1. The average Bonchev–Trinajstić information content (AvgIpc) is 3.50. The quantitative estimate of drug-likeness (QED) is 0.294. The first-order valence-electron chi connectivity index (χ1n) is 12.9. The molecule has 1 amide bonds. The van der Waals surface area contributed by atoms with Crippen molar-refractivity contribution in [3.05, 3.63) is 101 Å². The normalized spacial score (nSPS) is 17.6. The highest BCUT2D eigenvalue weighted by atomic mass is 19.1. The molecule has 2 aliphatic rings. The van der Waals surface area contributed by atoms with E-state index in [4.69, 9.17) is 5.10 Å². The predicted molar refractivity (Wildman–Crippen MR) is 147 cm³/mol. The lowest BCUT2D eigenvalue weighted by molar-refractivity contribution is 0.102. The zero-order valence-electron chi connectivity index (χ0n) is 21.5. The molecule has 1 N–H and O–H groups in total. The van der Waals surface area contributed by atoms with Gasteiger partial charge in [-0.2, -0.15) is 14.6 Å². The molecule has 3 aromatic heterocycles. The van der Waals surface area contributed by atoms with Crippen molar-refractivity contribution in [3.8, 4) is 5.69 Å². The highest BCUT2D eigenvalue weighted by Crippen LogP contribution is 2.30. The molecule has 10 heteroatoms. The lowest BCUT2D eigenvalue weighted by Gasteiger charge is -2.31. The summed E-state index contributed by atoms with van der Waals surface area (Å²) in [6.07, 6.45) is 11.9. The van der Waals surface area contributed by atoms with Crippen molar-refractivity contribution >= 4 is 23.6 Å². The van der Waals surface area contributed by atoms with Gasteiger partial charge in [0.15, 0.2) is 5.65 Å². The van der Waals surface area contributed by atoms with Gasteiger partial charge in [-0.25, -0.2) is 19.2 Å². The standard InChI is InChI=1S/C29H27FN8O/c1-20-7-9-23(10-8-20)38-27(34-29(39)24-17-33-37-14-4-12-32-28(24)37)16-25(35-38)22-6-3-13-36(19-22)18-21-5-2-11-31-26(30)15-21/h2,4-5,7-12,14,16-17,22H,3,6,13,18-19H2,1H3,(H,34,39). The zero-order valence-corrected chi connectivity index (χ0v) is 21.5. The van der Waals surface area contributed by atoms with Gasteiger partial charge in [-0.15, -0.1) is 0 Å². The number of piperidine rings is 1. The van der Waals surface area contributed by atoms with Gasteiger partial charge in [-0.05, 0) is 56.7 Å². The number of benzene rings is 1. The molecule has 9 nitrogen and oxygen atoms in total. The van der Waals surface area contributed by atoms with Crippen LogP contribution in [0.25, 0.3) is 11.3 Å². The highest BCUT2D eigenvalue weighted by Gasteiger charge is 2.26. The minimum absolute atomic E-state index is 0.153. The van der Waals surface area contributed by atoms with E-state index in [-0.39, 0.29) is 11.8 Å². The largest absolute Gasteiger partial charge is 0.306 e. The van der Waals surface area contributed by atoms with Gasteiger partial charge in [0.1, 0.15) is 11.4 Å². The van der Waals surface area contributed by atoms with Gasteiger partial charge < -0.3 is 5.32 Å². The summed E-state index contributed by atoms with van der Waals surface area (Å²) in [5, 5.41) is 12.2. The molecule has 196 valence electrons. The molecule has 39 heavy (non-hydrogen) atoms. The molecule has 1 fully saturated rings. The van der Waals surface area contributed by atoms with E-state index in [2.05, 4.69) is 31.0 Å². The third-order valence-corrected chi connectivity index (χ3v) is 6.93. The molecule has 0 bridgehead atoms. The molecule has 1 aromatic carbocycles. The van der Waals surface area contributed by atoms with Crippen LogP contribution in [0.15, 0.2) is 89.4 Å². The highest BCUT2D eigenvalue weighted by molar-refractivity contribution is 6.07. The van der Waals surface area contributed by atoms with Crippen LogP contribution in [-0.4, -0.2) is 61.0 Å². The number of fused-ring (bicyclic) bond motifs is 1.